The van der Waals surface area contributed by atoms with Crippen LogP contribution in [-0.2, 0) is 9.53 Å². The van der Waals surface area contributed by atoms with E-state index in [1.807, 2.05) is 0 Å². The number of aromatic nitrogens is 1. The summed E-state index contributed by atoms with van der Waals surface area (Å²) in [5, 5.41) is 6.86. The Hall–Kier alpha value is -3.50. The van der Waals surface area contributed by atoms with Gasteiger partial charge in [0.1, 0.15) is 6.04 Å². The first kappa shape index (κ1) is 32.0. The van der Waals surface area contributed by atoms with Crippen molar-refractivity contribution in [1.82, 2.24) is 15.6 Å². The summed E-state index contributed by atoms with van der Waals surface area (Å²) in [6.45, 7) is 4.79. The third-order valence-electron chi connectivity index (χ3n) is 5.48. The van der Waals surface area contributed by atoms with Crippen LogP contribution in [0.3, 0.4) is 0 Å². The molecular weight excluding hydrogens is 616 g/mol. The lowest BCUT2D eigenvalue weighted by Gasteiger charge is -2.19. The Kier molecular flexibility index (Phi) is 11.3. The van der Waals surface area contributed by atoms with Crippen molar-refractivity contribution in [3.8, 4) is 11.5 Å². The van der Waals surface area contributed by atoms with Crippen LogP contribution in [-0.4, -0.2) is 42.7 Å². The molecule has 2 aromatic carbocycles. The predicted molar refractivity (Wildman–Crippen MR) is 158 cm³/mol. The molecule has 2 N–H and O–H groups in total. The molecule has 0 saturated heterocycles. The number of carbonyl (C=O) groups excluding carboxylic acids is 3. The van der Waals surface area contributed by atoms with E-state index in [-0.39, 0.29) is 23.8 Å². The highest BCUT2D eigenvalue weighted by atomic mass is 35.5. The molecule has 0 aliphatic rings. The van der Waals surface area contributed by atoms with Crippen LogP contribution < -0.4 is 20.1 Å². The maximum absolute atomic E-state index is 13.2. The molecule has 13 heteroatoms. The second-order valence-corrected chi connectivity index (χ2v) is 10.2. The number of benzene rings is 2. The molecule has 9 nitrogen and oxygen atoms in total. The van der Waals surface area contributed by atoms with Gasteiger partial charge in [-0.3, -0.25) is 9.59 Å². The molecule has 0 unspecified atom stereocenters. The number of hydrogen-bond donors (Lipinski definition) is 2. The predicted octanol–water partition coefficient (Wildman–Crippen LogP) is 6.95. The summed E-state index contributed by atoms with van der Waals surface area (Å²) in [6.07, 6.45) is 0.246. The first-order valence-corrected chi connectivity index (χ1v) is 13.6. The summed E-state index contributed by atoms with van der Waals surface area (Å²) in [4.78, 5) is 42.2. The van der Waals surface area contributed by atoms with Crippen LogP contribution in [0, 0.1) is 0 Å². The molecule has 41 heavy (non-hydrogen) atoms. The smallest absolute Gasteiger partial charge is 0.493 e. The van der Waals surface area contributed by atoms with Gasteiger partial charge >= 0.3 is 6.16 Å². The van der Waals surface area contributed by atoms with Gasteiger partial charge in [-0.15, -0.1) is 0 Å². The Bertz CT molecular complexity index is 1420. The molecule has 0 radical (unpaired) electrons. The summed E-state index contributed by atoms with van der Waals surface area (Å²) >= 11 is 25.0. The van der Waals surface area contributed by atoms with Crippen LogP contribution in [0.25, 0.3) is 5.57 Å². The Balaban J connectivity index is 1.92. The summed E-state index contributed by atoms with van der Waals surface area (Å²) in [7, 11) is 1.33. The Morgan fingerprint density at radius 2 is 1.46 bits per heavy atom. The normalized spacial score (nSPS) is 11.2. The fourth-order valence-electron chi connectivity index (χ4n) is 3.76. The second-order valence-electron chi connectivity index (χ2n) is 8.48. The van der Waals surface area contributed by atoms with E-state index in [0.29, 0.717) is 42.5 Å². The Labute approximate surface area is 256 Å². The number of carbonyl (C=O) groups is 3. The van der Waals surface area contributed by atoms with Gasteiger partial charge in [-0.25, -0.2) is 9.78 Å². The minimum Gasteiger partial charge on any atom is -0.493 e. The number of allylic oxidation sites excluding steroid dienone is 1. The average molecular weight is 641 g/mol. The monoisotopic (exact) mass is 639 g/mol. The summed E-state index contributed by atoms with van der Waals surface area (Å²) in [5.41, 5.74) is 1.85. The van der Waals surface area contributed by atoms with Gasteiger partial charge in [0.05, 0.1) is 13.7 Å². The zero-order valence-corrected chi connectivity index (χ0v) is 25.3. The van der Waals surface area contributed by atoms with Gasteiger partial charge in [-0.1, -0.05) is 46.4 Å². The molecule has 2 amide bonds. The van der Waals surface area contributed by atoms with Crippen molar-refractivity contribution in [2.24, 2.45) is 0 Å². The van der Waals surface area contributed by atoms with E-state index in [0.717, 1.165) is 0 Å². The van der Waals surface area contributed by atoms with E-state index in [9.17, 15) is 14.4 Å². The average Bonchev–Trinajstić information content (AvgIpc) is 2.87. The summed E-state index contributed by atoms with van der Waals surface area (Å²) in [5.74, 6) is -1.55. The van der Waals surface area contributed by atoms with Crippen molar-refractivity contribution >= 4 is 69.9 Å². The van der Waals surface area contributed by atoms with E-state index in [1.165, 1.54) is 26.3 Å². The lowest BCUT2D eigenvalue weighted by Crippen LogP contribution is -2.44. The highest BCUT2D eigenvalue weighted by Crippen LogP contribution is 2.34. The number of nitrogens with one attached hydrogen (secondary N) is 2. The van der Waals surface area contributed by atoms with E-state index in [1.54, 1.807) is 50.2 Å². The lowest BCUT2D eigenvalue weighted by molar-refractivity contribution is -0.121. The zero-order valence-electron chi connectivity index (χ0n) is 22.3. The van der Waals surface area contributed by atoms with Gasteiger partial charge < -0.3 is 24.8 Å². The van der Waals surface area contributed by atoms with Crippen molar-refractivity contribution in [2.45, 2.75) is 26.8 Å². The standard InChI is InChI=1S/C28H25Cl4N3O6/c1-5-40-28(38)41-25-22(39-4)6-7-33-24(25)27(37)35-15(3)26(36)34-14(2)23(16-8-18(29)12-19(30)9-16)17-10-20(31)13-21(32)11-17/h6-13,15H,5H2,1-4H3,(H,34,36)(H,35,37)/t15-/m0/s1. The van der Waals surface area contributed by atoms with Gasteiger partial charge in [0.25, 0.3) is 5.91 Å². The molecule has 0 aliphatic heterocycles. The minimum absolute atomic E-state index is 0.0534. The Morgan fingerprint density at radius 1 is 0.927 bits per heavy atom. The fourth-order valence-corrected chi connectivity index (χ4v) is 4.82. The van der Waals surface area contributed by atoms with Gasteiger partial charge in [0.15, 0.2) is 11.4 Å². The van der Waals surface area contributed by atoms with Crippen molar-refractivity contribution < 1.29 is 28.6 Å². The molecule has 0 aliphatic carbocycles. The fraction of sp³-hybridized carbons (Fsp3) is 0.214. The van der Waals surface area contributed by atoms with E-state index < -0.39 is 24.0 Å². The molecule has 1 heterocycles. The minimum atomic E-state index is -1.06. The van der Waals surface area contributed by atoms with Crippen molar-refractivity contribution in [2.75, 3.05) is 13.7 Å². The maximum Gasteiger partial charge on any atom is 0.514 e. The van der Waals surface area contributed by atoms with Crippen molar-refractivity contribution in [1.29, 1.82) is 0 Å². The molecule has 1 aromatic heterocycles. The van der Waals surface area contributed by atoms with Crippen LogP contribution in [0.5, 0.6) is 11.5 Å². The quantitative estimate of drug-likeness (QED) is 0.243. The van der Waals surface area contributed by atoms with Crippen LogP contribution in [0.4, 0.5) is 4.79 Å². The molecule has 0 spiro atoms. The number of ether oxygens (including phenoxy) is 3. The molecule has 0 saturated carbocycles. The number of halogens is 4. The van der Waals surface area contributed by atoms with Gasteiger partial charge in [-0.2, -0.15) is 0 Å². The van der Waals surface area contributed by atoms with Gasteiger partial charge in [0, 0.05) is 43.6 Å². The molecule has 216 valence electrons. The van der Waals surface area contributed by atoms with E-state index in [4.69, 9.17) is 60.6 Å². The second kappa shape index (κ2) is 14.4. The summed E-state index contributed by atoms with van der Waals surface area (Å²) in [6, 6.07) is 10.2. The SMILES string of the molecule is CCOC(=O)Oc1c(OC)ccnc1C(=O)N[C@@H](C)C(=O)NC(C)=C(c1cc(Cl)cc(Cl)c1)c1cc(Cl)cc(Cl)c1. The van der Waals surface area contributed by atoms with Crippen molar-refractivity contribution in [3.63, 3.8) is 0 Å². The molecule has 1 atom stereocenters. The first-order chi connectivity index (χ1) is 19.4. The summed E-state index contributed by atoms with van der Waals surface area (Å²) < 4.78 is 15.1. The number of pyridine rings is 1. The largest absolute Gasteiger partial charge is 0.514 e. The van der Waals surface area contributed by atoms with Crippen LogP contribution in [0.2, 0.25) is 20.1 Å². The number of methoxy groups -OCH3 is 1. The third-order valence-corrected chi connectivity index (χ3v) is 6.35. The Morgan fingerprint density at radius 3 is 1.95 bits per heavy atom. The van der Waals surface area contributed by atoms with Crippen LogP contribution >= 0.6 is 46.4 Å². The van der Waals surface area contributed by atoms with Crippen molar-refractivity contribution in [3.05, 3.63) is 91.3 Å². The third kappa shape index (κ3) is 8.50. The number of hydrogen-bond acceptors (Lipinski definition) is 7. The number of nitrogens with zero attached hydrogens (tertiary/aromatic N) is 1. The molecule has 3 aromatic rings. The molecular formula is C28H25Cl4N3O6. The zero-order chi connectivity index (χ0) is 30.3. The number of amides is 2. The first-order valence-electron chi connectivity index (χ1n) is 12.1. The molecule has 3 rings (SSSR count). The topological polar surface area (TPSA) is 116 Å². The number of rotatable bonds is 9. The van der Waals surface area contributed by atoms with E-state index in [2.05, 4.69) is 15.6 Å². The van der Waals surface area contributed by atoms with Gasteiger partial charge in [0.2, 0.25) is 11.7 Å². The van der Waals surface area contributed by atoms with E-state index >= 15 is 0 Å². The molecule has 0 fully saturated rings. The van der Waals surface area contributed by atoms with Crippen LogP contribution in [0.15, 0.2) is 54.4 Å². The van der Waals surface area contributed by atoms with Gasteiger partial charge in [-0.05, 0) is 68.3 Å². The highest BCUT2D eigenvalue weighted by molar-refractivity contribution is 6.35. The highest BCUT2D eigenvalue weighted by Gasteiger charge is 2.25. The van der Waals surface area contributed by atoms with Crippen LogP contribution in [0.1, 0.15) is 42.4 Å². The maximum atomic E-state index is 13.2. The lowest BCUT2D eigenvalue weighted by atomic mass is 9.96. The molecule has 0 bridgehead atoms.